The minimum atomic E-state index is -0.400. The molecule has 2 rings (SSSR count). The minimum absolute atomic E-state index is 0.190. The Morgan fingerprint density at radius 3 is 2.67 bits per heavy atom. The summed E-state index contributed by atoms with van der Waals surface area (Å²) < 4.78 is 0. The second-order valence-corrected chi connectivity index (χ2v) is 6.32. The van der Waals surface area contributed by atoms with E-state index in [1.165, 1.54) is 0 Å². The van der Waals surface area contributed by atoms with E-state index in [2.05, 4.69) is 11.4 Å². The second-order valence-electron chi connectivity index (χ2n) is 5.47. The number of halogens is 2. The Labute approximate surface area is 151 Å². The lowest BCUT2D eigenvalue weighted by molar-refractivity contribution is -0.120. The van der Waals surface area contributed by atoms with Gasteiger partial charge in [-0.2, -0.15) is 5.26 Å². The van der Waals surface area contributed by atoms with Gasteiger partial charge < -0.3 is 5.32 Å². The van der Waals surface area contributed by atoms with E-state index in [-0.39, 0.29) is 5.91 Å². The topological polar surface area (TPSA) is 56.1 Å². The lowest BCUT2D eigenvalue weighted by Crippen LogP contribution is -2.39. The second kappa shape index (κ2) is 8.16. The van der Waals surface area contributed by atoms with Crippen molar-refractivity contribution in [3.8, 4) is 6.07 Å². The summed E-state index contributed by atoms with van der Waals surface area (Å²) in [6.45, 7) is 2.30. The van der Waals surface area contributed by atoms with Crippen molar-refractivity contribution >= 4 is 34.8 Å². The van der Waals surface area contributed by atoms with E-state index in [1.807, 2.05) is 18.0 Å². The van der Waals surface area contributed by atoms with Gasteiger partial charge in [0.1, 0.15) is 6.07 Å². The number of amides is 1. The predicted molar refractivity (Wildman–Crippen MR) is 97.2 cm³/mol. The molecule has 24 heavy (non-hydrogen) atoms. The number of para-hydroxylation sites is 1. The van der Waals surface area contributed by atoms with E-state index in [9.17, 15) is 4.79 Å². The highest BCUT2D eigenvalue weighted by atomic mass is 35.5. The third-order valence-corrected chi connectivity index (χ3v) is 4.37. The van der Waals surface area contributed by atoms with Crippen LogP contribution >= 0.6 is 23.2 Å². The van der Waals surface area contributed by atoms with Gasteiger partial charge in [0.05, 0.1) is 17.3 Å². The van der Waals surface area contributed by atoms with Crippen molar-refractivity contribution in [1.82, 2.24) is 4.90 Å². The first-order valence-corrected chi connectivity index (χ1v) is 8.12. The van der Waals surface area contributed by atoms with Gasteiger partial charge in [-0.25, -0.2) is 0 Å². The maximum Gasteiger partial charge on any atom is 0.241 e. The highest BCUT2D eigenvalue weighted by molar-refractivity contribution is 6.35. The Kier molecular flexibility index (Phi) is 6.22. The molecule has 0 unspecified atom stereocenters. The number of carbonyl (C=O) groups excluding carboxylic acids is 1. The number of likely N-dealkylation sites (N-methyl/N-ethyl adjacent to an activating group) is 1. The molecule has 0 saturated carbocycles. The van der Waals surface area contributed by atoms with Gasteiger partial charge in [0.15, 0.2) is 0 Å². The van der Waals surface area contributed by atoms with Crippen LogP contribution in [0.2, 0.25) is 10.0 Å². The molecule has 0 aliphatic carbocycles. The molecule has 1 N–H and O–H groups in total. The van der Waals surface area contributed by atoms with Crippen molar-refractivity contribution in [2.45, 2.75) is 19.5 Å². The first-order valence-electron chi connectivity index (χ1n) is 7.36. The summed E-state index contributed by atoms with van der Waals surface area (Å²) in [5, 5.41) is 13.0. The van der Waals surface area contributed by atoms with Crippen LogP contribution in [0.25, 0.3) is 0 Å². The van der Waals surface area contributed by atoms with E-state index >= 15 is 0 Å². The molecule has 1 atom stereocenters. The third kappa shape index (κ3) is 4.48. The van der Waals surface area contributed by atoms with Crippen molar-refractivity contribution in [3.05, 3.63) is 63.6 Å². The fourth-order valence-electron chi connectivity index (χ4n) is 2.18. The van der Waals surface area contributed by atoms with Gasteiger partial charge in [-0.3, -0.25) is 9.69 Å². The molecule has 0 fully saturated rings. The number of hydrogen-bond donors (Lipinski definition) is 1. The van der Waals surface area contributed by atoms with Crippen molar-refractivity contribution in [2.75, 3.05) is 12.4 Å². The first-order chi connectivity index (χ1) is 11.4. The van der Waals surface area contributed by atoms with Crippen molar-refractivity contribution in [3.63, 3.8) is 0 Å². The van der Waals surface area contributed by atoms with Crippen LogP contribution in [0.3, 0.4) is 0 Å². The molecule has 0 radical (unpaired) electrons. The normalized spacial score (nSPS) is 11.8. The van der Waals surface area contributed by atoms with Crippen LogP contribution in [0.15, 0.2) is 42.5 Å². The molecule has 1 amide bonds. The van der Waals surface area contributed by atoms with Gasteiger partial charge in [0, 0.05) is 16.6 Å². The maximum absolute atomic E-state index is 12.4. The fourth-order valence-corrected chi connectivity index (χ4v) is 2.65. The molecule has 0 bridgehead atoms. The summed E-state index contributed by atoms with van der Waals surface area (Å²) in [6.07, 6.45) is 0. The average Bonchev–Trinajstić information content (AvgIpc) is 2.57. The third-order valence-electron chi connectivity index (χ3n) is 3.78. The van der Waals surface area contributed by atoms with E-state index in [4.69, 9.17) is 28.5 Å². The molecule has 0 aliphatic rings. The summed E-state index contributed by atoms with van der Waals surface area (Å²) in [6, 6.07) is 13.9. The SMILES string of the molecule is C[C@@H](C(=O)Nc1ccccc1C#N)N(C)Cc1ccc(Cl)cc1Cl. The molecule has 2 aromatic carbocycles. The van der Waals surface area contributed by atoms with Crippen LogP contribution in [0.5, 0.6) is 0 Å². The number of nitrogens with zero attached hydrogens (tertiary/aromatic N) is 2. The Balaban J connectivity index is 2.05. The first kappa shape index (κ1) is 18.3. The van der Waals surface area contributed by atoms with E-state index in [0.717, 1.165) is 5.56 Å². The number of hydrogen-bond acceptors (Lipinski definition) is 3. The quantitative estimate of drug-likeness (QED) is 0.862. The van der Waals surface area contributed by atoms with Gasteiger partial charge in [0.25, 0.3) is 0 Å². The van der Waals surface area contributed by atoms with E-state index in [0.29, 0.717) is 27.8 Å². The Hall–Kier alpha value is -2.06. The lowest BCUT2D eigenvalue weighted by Gasteiger charge is -2.24. The zero-order chi connectivity index (χ0) is 17.7. The molecule has 0 aliphatic heterocycles. The van der Waals surface area contributed by atoms with Gasteiger partial charge in [-0.15, -0.1) is 0 Å². The standard InChI is InChI=1S/C18H17Cl2N3O/c1-12(18(24)22-17-6-4-3-5-13(17)10-21)23(2)11-14-7-8-15(19)9-16(14)20/h3-9,12H,11H2,1-2H3,(H,22,24)/t12-/m0/s1. The van der Waals surface area contributed by atoms with Crippen LogP contribution in [0.4, 0.5) is 5.69 Å². The molecule has 0 spiro atoms. The molecule has 4 nitrogen and oxygen atoms in total. The summed E-state index contributed by atoms with van der Waals surface area (Å²) >= 11 is 12.1. The Morgan fingerprint density at radius 1 is 1.29 bits per heavy atom. The Bertz CT molecular complexity index is 786. The molecule has 0 heterocycles. The van der Waals surface area contributed by atoms with Crippen molar-refractivity contribution in [2.24, 2.45) is 0 Å². The summed E-state index contributed by atoms with van der Waals surface area (Å²) in [5.74, 6) is -0.190. The summed E-state index contributed by atoms with van der Waals surface area (Å²) in [7, 11) is 1.84. The van der Waals surface area contributed by atoms with Gasteiger partial charge in [-0.1, -0.05) is 41.4 Å². The number of nitriles is 1. The van der Waals surface area contributed by atoms with Crippen LogP contribution in [-0.2, 0) is 11.3 Å². The summed E-state index contributed by atoms with van der Waals surface area (Å²) in [5.41, 5.74) is 1.83. The largest absolute Gasteiger partial charge is 0.324 e. The summed E-state index contributed by atoms with van der Waals surface area (Å²) in [4.78, 5) is 14.3. The predicted octanol–water partition coefficient (Wildman–Crippen LogP) is 4.32. The maximum atomic E-state index is 12.4. The average molecular weight is 362 g/mol. The molecule has 6 heteroatoms. The van der Waals surface area contributed by atoms with Gasteiger partial charge in [0.2, 0.25) is 5.91 Å². The molecular weight excluding hydrogens is 345 g/mol. The molecule has 2 aromatic rings. The van der Waals surface area contributed by atoms with Crippen molar-refractivity contribution in [1.29, 1.82) is 5.26 Å². The smallest absolute Gasteiger partial charge is 0.241 e. The lowest BCUT2D eigenvalue weighted by atomic mass is 10.1. The number of nitrogens with one attached hydrogen (secondary N) is 1. The highest BCUT2D eigenvalue weighted by Gasteiger charge is 2.20. The van der Waals surface area contributed by atoms with Crippen LogP contribution < -0.4 is 5.32 Å². The monoisotopic (exact) mass is 361 g/mol. The zero-order valence-electron chi connectivity index (χ0n) is 13.4. The number of rotatable bonds is 5. The van der Waals surface area contributed by atoms with Crippen LogP contribution in [-0.4, -0.2) is 23.9 Å². The molecule has 124 valence electrons. The fraction of sp³-hybridized carbons (Fsp3) is 0.222. The zero-order valence-corrected chi connectivity index (χ0v) is 14.9. The molecular formula is C18H17Cl2N3O. The Morgan fingerprint density at radius 2 is 2.00 bits per heavy atom. The van der Waals surface area contributed by atoms with Crippen LogP contribution in [0, 0.1) is 11.3 Å². The van der Waals surface area contributed by atoms with Crippen molar-refractivity contribution < 1.29 is 4.79 Å². The van der Waals surface area contributed by atoms with E-state index < -0.39 is 6.04 Å². The van der Waals surface area contributed by atoms with Gasteiger partial charge >= 0.3 is 0 Å². The van der Waals surface area contributed by atoms with Gasteiger partial charge in [-0.05, 0) is 43.8 Å². The highest BCUT2D eigenvalue weighted by Crippen LogP contribution is 2.23. The molecule has 0 saturated heterocycles. The number of carbonyl (C=O) groups is 1. The number of anilines is 1. The number of benzene rings is 2. The van der Waals surface area contributed by atoms with Crippen LogP contribution in [0.1, 0.15) is 18.1 Å². The molecule has 0 aromatic heterocycles. The minimum Gasteiger partial charge on any atom is -0.324 e. The van der Waals surface area contributed by atoms with E-state index in [1.54, 1.807) is 43.3 Å².